The van der Waals surface area contributed by atoms with E-state index in [4.69, 9.17) is 4.74 Å². The van der Waals surface area contributed by atoms with Crippen LogP contribution in [-0.2, 0) is 0 Å². The standard InChI is InChI=1S/C20H24N4O2/c1-13(2)12-26-18-7-5-6-15(9-18)20(25)23-17-8-16-10-22-24(14(3)4)19(16)21-11-17/h5-11,13-14H,12H2,1-4H3,(H,23,25). The van der Waals surface area contributed by atoms with Crippen LogP contribution in [0.3, 0.4) is 0 Å². The summed E-state index contributed by atoms with van der Waals surface area (Å²) >= 11 is 0. The van der Waals surface area contributed by atoms with Crippen molar-refractivity contribution in [3.63, 3.8) is 0 Å². The fourth-order valence-corrected chi connectivity index (χ4v) is 2.58. The number of nitrogens with one attached hydrogen (secondary N) is 1. The van der Waals surface area contributed by atoms with Crippen LogP contribution in [0.5, 0.6) is 5.75 Å². The third kappa shape index (κ3) is 4.02. The average Bonchev–Trinajstić information content (AvgIpc) is 3.03. The highest BCUT2D eigenvalue weighted by molar-refractivity contribution is 6.05. The molecule has 0 saturated carbocycles. The minimum atomic E-state index is -0.197. The third-order valence-electron chi connectivity index (χ3n) is 3.86. The molecule has 6 nitrogen and oxygen atoms in total. The molecule has 3 aromatic rings. The summed E-state index contributed by atoms with van der Waals surface area (Å²) in [5, 5.41) is 8.13. The first-order chi connectivity index (χ1) is 12.4. The van der Waals surface area contributed by atoms with Gasteiger partial charge in [-0.25, -0.2) is 9.67 Å². The Hall–Kier alpha value is -2.89. The van der Waals surface area contributed by atoms with Gasteiger partial charge < -0.3 is 10.1 Å². The molecule has 0 spiro atoms. The minimum absolute atomic E-state index is 0.197. The van der Waals surface area contributed by atoms with Gasteiger partial charge in [0.25, 0.3) is 5.91 Å². The topological polar surface area (TPSA) is 69.0 Å². The molecule has 0 aliphatic rings. The number of ether oxygens (including phenoxy) is 1. The van der Waals surface area contributed by atoms with Crippen LogP contribution in [0.25, 0.3) is 11.0 Å². The van der Waals surface area contributed by atoms with E-state index in [1.807, 2.05) is 22.9 Å². The van der Waals surface area contributed by atoms with Gasteiger partial charge >= 0.3 is 0 Å². The van der Waals surface area contributed by atoms with E-state index in [1.54, 1.807) is 24.5 Å². The van der Waals surface area contributed by atoms with Crippen molar-refractivity contribution in [2.24, 2.45) is 5.92 Å². The number of anilines is 1. The van der Waals surface area contributed by atoms with Crippen LogP contribution in [0, 0.1) is 5.92 Å². The first-order valence-electron chi connectivity index (χ1n) is 8.81. The van der Waals surface area contributed by atoms with E-state index >= 15 is 0 Å². The predicted octanol–water partition coefficient (Wildman–Crippen LogP) is 4.30. The third-order valence-corrected chi connectivity index (χ3v) is 3.86. The molecular formula is C20H24N4O2. The molecule has 136 valence electrons. The second-order valence-electron chi connectivity index (χ2n) is 7.01. The lowest BCUT2D eigenvalue weighted by Gasteiger charge is -2.10. The molecular weight excluding hydrogens is 328 g/mol. The number of aromatic nitrogens is 3. The van der Waals surface area contributed by atoms with E-state index in [0.717, 1.165) is 11.0 Å². The molecule has 0 fully saturated rings. The van der Waals surface area contributed by atoms with Gasteiger partial charge in [-0.15, -0.1) is 0 Å². The largest absolute Gasteiger partial charge is 0.493 e. The molecule has 0 atom stereocenters. The van der Waals surface area contributed by atoms with Crippen LogP contribution in [-0.4, -0.2) is 27.3 Å². The van der Waals surface area contributed by atoms with Crippen LogP contribution in [0.4, 0.5) is 5.69 Å². The smallest absolute Gasteiger partial charge is 0.255 e. The zero-order valence-corrected chi connectivity index (χ0v) is 15.6. The van der Waals surface area contributed by atoms with E-state index < -0.39 is 0 Å². The first kappa shape index (κ1) is 17.9. The second-order valence-corrected chi connectivity index (χ2v) is 7.01. The Labute approximate surface area is 153 Å². The number of hydrogen-bond donors (Lipinski definition) is 1. The van der Waals surface area contributed by atoms with Crippen molar-refractivity contribution in [3.8, 4) is 5.75 Å². The number of hydrogen-bond acceptors (Lipinski definition) is 4. The Morgan fingerprint density at radius 1 is 1.19 bits per heavy atom. The van der Waals surface area contributed by atoms with Gasteiger partial charge in [0.1, 0.15) is 5.75 Å². The first-order valence-corrected chi connectivity index (χ1v) is 8.81. The summed E-state index contributed by atoms with van der Waals surface area (Å²) in [4.78, 5) is 17.0. The van der Waals surface area contributed by atoms with Gasteiger partial charge in [0.2, 0.25) is 0 Å². The van der Waals surface area contributed by atoms with Crippen molar-refractivity contribution in [3.05, 3.63) is 48.3 Å². The van der Waals surface area contributed by atoms with E-state index in [-0.39, 0.29) is 11.9 Å². The van der Waals surface area contributed by atoms with Gasteiger partial charge in [-0.2, -0.15) is 5.10 Å². The molecule has 1 amide bonds. The maximum absolute atomic E-state index is 12.5. The maximum atomic E-state index is 12.5. The van der Waals surface area contributed by atoms with Crippen LogP contribution in [0.1, 0.15) is 44.1 Å². The van der Waals surface area contributed by atoms with Crippen molar-refractivity contribution in [2.45, 2.75) is 33.7 Å². The van der Waals surface area contributed by atoms with E-state index in [9.17, 15) is 4.79 Å². The quantitative estimate of drug-likeness (QED) is 0.718. The monoisotopic (exact) mass is 352 g/mol. The van der Waals surface area contributed by atoms with Crippen molar-refractivity contribution in [1.82, 2.24) is 14.8 Å². The molecule has 26 heavy (non-hydrogen) atoms. The normalized spacial score (nSPS) is 11.3. The highest BCUT2D eigenvalue weighted by atomic mass is 16.5. The molecule has 0 aliphatic heterocycles. The molecule has 0 bridgehead atoms. The zero-order valence-electron chi connectivity index (χ0n) is 15.6. The fraction of sp³-hybridized carbons (Fsp3) is 0.350. The molecule has 3 rings (SSSR count). The molecule has 0 radical (unpaired) electrons. The number of carbonyl (C=O) groups excluding carboxylic acids is 1. The van der Waals surface area contributed by atoms with Crippen molar-refractivity contribution < 1.29 is 9.53 Å². The lowest BCUT2D eigenvalue weighted by Crippen LogP contribution is -2.12. The summed E-state index contributed by atoms with van der Waals surface area (Å²) in [6, 6.07) is 9.30. The van der Waals surface area contributed by atoms with Crippen molar-refractivity contribution in [1.29, 1.82) is 0 Å². The maximum Gasteiger partial charge on any atom is 0.255 e. The Morgan fingerprint density at radius 3 is 2.73 bits per heavy atom. The molecule has 1 N–H and O–H groups in total. The minimum Gasteiger partial charge on any atom is -0.493 e. The number of carbonyl (C=O) groups is 1. The SMILES string of the molecule is CC(C)COc1cccc(C(=O)Nc2cnc3c(cnn3C(C)C)c2)c1. The molecule has 0 aliphatic carbocycles. The number of fused-ring (bicyclic) bond motifs is 1. The zero-order chi connectivity index (χ0) is 18.7. The highest BCUT2D eigenvalue weighted by Crippen LogP contribution is 2.20. The average molecular weight is 352 g/mol. The number of nitrogens with zero attached hydrogens (tertiary/aromatic N) is 3. The Bertz CT molecular complexity index is 915. The van der Waals surface area contributed by atoms with Gasteiger partial charge in [-0.05, 0) is 44.0 Å². The van der Waals surface area contributed by atoms with Crippen LogP contribution >= 0.6 is 0 Å². The van der Waals surface area contributed by atoms with E-state index in [2.05, 4.69) is 43.1 Å². The van der Waals surface area contributed by atoms with E-state index in [0.29, 0.717) is 29.5 Å². The highest BCUT2D eigenvalue weighted by Gasteiger charge is 2.11. The molecule has 2 aromatic heterocycles. The van der Waals surface area contributed by atoms with Crippen molar-refractivity contribution >= 4 is 22.6 Å². The lowest BCUT2D eigenvalue weighted by molar-refractivity contribution is 0.102. The lowest BCUT2D eigenvalue weighted by atomic mass is 10.2. The summed E-state index contributed by atoms with van der Waals surface area (Å²) in [7, 11) is 0. The van der Waals surface area contributed by atoms with Crippen molar-refractivity contribution in [2.75, 3.05) is 11.9 Å². The number of pyridine rings is 1. The number of amides is 1. The molecule has 2 heterocycles. The van der Waals surface area contributed by atoms with Crippen LogP contribution in [0.2, 0.25) is 0 Å². The number of benzene rings is 1. The van der Waals surface area contributed by atoms with E-state index in [1.165, 1.54) is 0 Å². The van der Waals surface area contributed by atoms with Gasteiger partial charge in [0.05, 0.1) is 24.7 Å². The fourth-order valence-electron chi connectivity index (χ4n) is 2.58. The summed E-state index contributed by atoms with van der Waals surface area (Å²) in [6.07, 6.45) is 3.41. The van der Waals surface area contributed by atoms with Crippen LogP contribution < -0.4 is 10.1 Å². The Balaban J connectivity index is 1.75. The van der Waals surface area contributed by atoms with Crippen LogP contribution in [0.15, 0.2) is 42.7 Å². The molecule has 6 heteroatoms. The van der Waals surface area contributed by atoms with Gasteiger partial charge in [0, 0.05) is 17.0 Å². The molecule has 1 aromatic carbocycles. The summed E-state index contributed by atoms with van der Waals surface area (Å²) in [5.74, 6) is 0.924. The van der Waals surface area contributed by atoms with Gasteiger partial charge in [-0.3, -0.25) is 4.79 Å². The van der Waals surface area contributed by atoms with Gasteiger partial charge in [0.15, 0.2) is 5.65 Å². The molecule has 0 unspecified atom stereocenters. The molecule has 0 saturated heterocycles. The predicted molar refractivity (Wildman–Crippen MR) is 103 cm³/mol. The summed E-state index contributed by atoms with van der Waals surface area (Å²) < 4.78 is 7.55. The number of rotatable bonds is 6. The Kier molecular flexibility index (Phi) is 5.21. The second kappa shape index (κ2) is 7.56. The summed E-state index contributed by atoms with van der Waals surface area (Å²) in [6.45, 7) is 8.89. The van der Waals surface area contributed by atoms with Gasteiger partial charge in [-0.1, -0.05) is 19.9 Å². The summed E-state index contributed by atoms with van der Waals surface area (Å²) in [5.41, 5.74) is 1.99. The Morgan fingerprint density at radius 2 is 2.00 bits per heavy atom.